The fourth-order valence-electron chi connectivity index (χ4n) is 2.66. The summed E-state index contributed by atoms with van der Waals surface area (Å²) in [6, 6.07) is 0. The van der Waals surface area contributed by atoms with E-state index in [0.717, 1.165) is 0 Å². The molecule has 0 N–H and O–H groups in total. The summed E-state index contributed by atoms with van der Waals surface area (Å²) in [6.45, 7) is 9.09. The van der Waals surface area contributed by atoms with Crippen LogP contribution in [0.2, 0.25) is 0 Å². The summed E-state index contributed by atoms with van der Waals surface area (Å²) in [5, 5.41) is 0. The van der Waals surface area contributed by atoms with Crippen LogP contribution in [0.15, 0.2) is 41.5 Å². The second kappa shape index (κ2) is 4.53. The van der Waals surface area contributed by atoms with E-state index in [1.165, 1.54) is 17.6 Å². The first-order chi connectivity index (χ1) is 7.52. The molecule has 0 aromatic rings. The van der Waals surface area contributed by atoms with Crippen molar-refractivity contribution in [3.63, 3.8) is 0 Å². The monoisotopic (exact) mass is 290 g/mol. The molecule has 0 aliphatic heterocycles. The van der Waals surface area contributed by atoms with Gasteiger partial charge in [-0.2, -0.15) is 0 Å². The van der Waals surface area contributed by atoms with Crippen molar-refractivity contribution in [2.75, 3.05) is 0 Å². The molecule has 84 valence electrons. The zero-order valence-corrected chi connectivity index (χ0v) is 13.2. The molecule has 1 unspecified atom stereocenters. The third-order valence-corrected chi connectivity index (χ3v) is 10.8. The van der Waals surface area contributed by atoms with E-state index in [-0.39, 0.29) is 0 Å². The Kier molecular flexibility index (Phi) is 3.45. The summed E-state index contributed by atoms with van der Waals surface area (Å²) in [4.78, 5) is 0. The van der Waals surface area contributed by atoms with Gasteiger partial charge >= 0.3 is 107 Å². The molecule has 2 rings (SSSR count). The molecule has 0 heterocycles. The van der Waals surface area contributed by atoms with Gasteiger partial charge in [0.05, 0.1) is 0 Å². The first-order valence-corrected chi connectivity index (χ1v) is 10.2. The van der Waals surface area contributed by atoms with Crippen molar-refractivity contribution in [1.82, 2.24) is 0 Å². The Morgan fingerprint density at radius 2 is 2.00 bits per heavy atom. The van der Waals surface area contributed by atoms with Gasteiger partial charge in [0.1, 0.15) is 0 Å². The summed E-state index contributed by atoms with van der Waals surface area (Å²) >= 11 is -1.74. The Balaban J connectivity index is 2.33. The van der Waals surface area contributed by atoms with Crippen LogP contribution >= 0.6 is 0 Å². The molecule has 0 nitrogen and oxygen atoms in total. The number of hydrogen-bond donors (Lipinski definition) is 0. The zero-order chi connectivity index (χ0) is 11.9. The third kappa shape index (κ3) is 1.95. The van der Waals surface area contributed by atoms with Crippen LogP contribution in [0.5, 0.6) is 0 Å². The molecule has 0 fully saturated rings. The molecule has 2 aliphatic rings. The van der Waals surface area contributed by atoms with Crippen molar-refractivity contribution in [2.45, 2.75) is 34.1 Å². The number of rotatable bonds is 2. The van der Waals surface area contributed by atoms with Gasteiger partial charge in [-0.25, -0.2) is 0 Å². The van der Waals surface area contributed by atoms with Gasteiger partial charge in [-0.1, -0.05) is 0 Å². The van der Waals surface area contributed by atoms with Crippen LogP contribution in [-0.2, 0) is 21.3 Å². The standard InChI is InChI=1S/2C7H9.CH2.Zr/c1-6-3-4-7(2)5-6;1-6-4-3-5-7(6)2;;/h3-4,6H,1-2H3;4H,3H2,1-2H3;1H2;. The minimum atomic E-state index is -1.74. The van der Waals surface area contributed by atoms with E-state index < -0.39 is 21.3 Å². The van der Waals surface area contributed by atoms with Gasteiger partial charge in [-0.3, -0.25) is 0 Å². The molecular formula is C15H20Zr. The van der Waals surface area contributed by atoms with Crippen LogP contribution in [-0.4, -0.2) is 4.21 Å². The molecule has 0 bridgehead atoms. The van der Waals surface area contributed by atoms with Gasteiger partial charge in [-0.15, -0.1) is 0 Å². The second-order valence-electron chi connectivity index (χ2n) is 4.92. The van der Waals surface area contributed by atoms with Crippen LogP contribution in [0.1, 0.15) is 34.1 Å². The quantitative estimate of drug-likeness (QED) is 0.717. The molecule has 1 atom stereocenters. The predicted molar refractivity (Wildman–Crippen MR) is 69.2 cm³/mol. The van der Waals surface area contributed by atoms with E-state index in [9.17, 15) is 0 Å². The van der Waals surface area contributed by atoms with Crippen molar-refractivity contribution < 1.29 is 21.3 Å². The van der Waals surface area contributed by atoms with Crippen LogP contribution < -0.4 is 0 Å². The summed E-state index contributed by atoms with van der Waals surface area (Å²) < 4.78 is 8.02. The molecular weight excluding hydrogens is 271 g/mol. The van der Waals surface area contributed by atoms with Crippen molar-refractivity contribution in [3.8, 4) is 0 Å². The molecule has 0 saturated heterocycles. The van der Waals surface area contributed by atoms with Gasteiger partial charge in [0.25, 0.3) is 0 Å². The normalized spacial score (nSPS) is 24.5. The summed E-state index contributed by atoms with van der Waals surface area (Å²) in [6.07, 6.45) is 8.18. The maximum absolute atomic E-state index is 4.60. The Hall–Kier alpha value is -0.287. The average molecular weight is 292 g/mol. The van der Waals surface area contributed by atoms with Gasteiger partial charge in [-0.05, 0) is 0 Å². The Morgan fingerprint density at radius 3 is 2.44 bits per heavy atom. The van der Waals surface area contributed by atoms with E-state index in [0.29, 0.717) is 5.92 Å². The van der Waals surface area contributed by atoms with Crippen molar-refractivity contribution in [1.29, 1.82) is 0 Å². The maximum atomic E-state index is 4.60. The molecule has 0 saturated carbocycles. The molecule has 1 heteroatoms. The van der Waals surface area contributed by atoms with E-state index in [2.05, 4.69) is 50.1 Å². The summed E-state index contributed by atoms with van der Waals surface area (Å²) in [5.74, 6) is 0.646. The minimum absolute atomic E-state index is 0.646. The molecule has 0 radical (unpaired) electrons. The first-order valence-electron chi connectivity index (χ1n) is 5.98. The summed E-state index contributed by atoms with van der Waals surface area (Å²) in [5.41, 5.74) is 4.53. The zero-order valence-electron chi connectivity index (χ0n) is 10.7. The van der Waals surface area contributed by atoms with Gasteiger partial charge < -0.3 is 0 Å². The van der Waals surface area contributed by atoms with Gasteiger partial charge in [0, 0.05) is 0 Å². The van der Waals surface area contributed by atoms with Crippen LogP contribution in [0.25, 0.3) is 0 Å². The van der Waals surface area contributed by atoms with Crippen molar-refractivity contribution in [3.05, 3.63) is 41.5 Å². The topological polar surface area (TPSA) is 0 Å². The average Bonchev–Trinajstić information content (AvgIpc) is 2.73. The molecule has 2 aliphatic carbocycles. The SMILES string of the molecule is [CH2]=[Zr]([C]1=C(C)C(C)=CC1)[C]1=C(C)C=CC1C. The Bertz CT molecular complexity index is 470. The first kappa shape index (κ1) is 12.2. The van der Waals surface area contributed by atoms with E-state index in [4.69, 9.17) is 0 Å². The fraction of sp³-hybridized carbons (Fsp3) is 0.400. The van der Waals surface area contributed by atoms with Gasteiger partial charge in [0.2, 0.25) is 0 Å². The van der Waals surface area contributed by atoms with Crippen LogP contribution in [0, 0.1) is 5.92 Å². The third-order valence-electron chi connectivity index (χ3n) is 3.86. The van der Waals surface area contributed by atoms with E-state index in [1.807, 2.05) is 0 Å². The fourth-order valence-corrected chi connectivity index (χ4v) is 8.87. The van der Waals surface area contributed by atoms with Crippen LogP contribution in [0.3, 0.4) is 0 Å². The second-order valence-corrected chi connectivity index (χ2v) is 10.1. The molecule has 0 aromatic carbocycles. The van der Waals surface area contributed by atoms with E-state index >= 15 is 0 Å². The Labute approximate surface area is 107 Å². The summed E-state index contributed by atoms with van der Waals surface area (Å²) in [7, 11) is 0. The van der Waals surface area contributed by atoms with Crippen LogP contribution in [0.4, 0.5) is 0 Å². The van der Waals surface area contributed by atoms with E-state index in [1.54, 1.807) is 12.1 Å². The molecule has 0 aromatic heterocycles. The predicted octanol–water partition coefficient (Wildman–Crippen LogP) is 4.14. The molecule has 0 spiro atoms. The van der Waals surface area contributed by atoms with Gasteiger partial charge in [0.15, 0.2) is 0 Å². The Morgan fingerprint density at radius 1 is 1.31 bits per heavy atom. The van der Waals surface area contributed by atoms with Crippen molar-refractivity contribution in [2.24, 2.45) is 5.92 Å². The van der Waals surface area contributed by atoms with Crippen molar-refractivity contribution >= 4 is 4.21 Å². The molecule has 0 amide bonds. The molecule has 16 heavy (non-hydrogen) atoms. The number of allylic oxidation sites excluding steroid dienone is 8. The number of hydrogen-bond acceptors (Lipinski definition) is 0.